The van der Waals surface area contributed by atoms with Crippen molar-refractivity contribution < 1.29 is 4.79 Å². The molecule has 1 aromatic carbocycles. The molecule has 6 heteroatoms. The Morgan fingerprint density at radius 3 is 2.75 bits per heavy atom. The second kappa shape index (κ2) is 5.06. The number of nitrogens with zero attached hydrogens (tertiary/aromatic N) is 3. The van der Waals surface area contributed by atoms with Gasteiger partial charge in [0.2, 0.25) is 9.74 Å². The molecule has 5 nitrogen and oxygen atoms in total. The van der Waals surface area contributed by atoms with Crippen LogP contribution in [0.2, 0.25) is 0 Å². The average Bonchev–Trinajstić information content (AvgIpc) is 2.65. The first-order valence-electron chi connectivity index (χ1n) is 4.64. The maximum Gasteiger partial charge on any atom is 0.246 e. The Morgan fingerprint density at radius 1 is 1.38 bits per heavy atom. The highest BCUT2D eigenvalue weighted by Gasteiger charge is 2.04. The topological polar surface area (TPSA) is 59.8 Å². The van der Waals surface area contributed by atoms with Crippen molar-refractivity contribution in [3.8, 4) is 0 Å². The monoisotopic (exact) mass is 328 g/mol. The van der Waals surface area contributed by atoms with E-state index in [9.17, 15) is 4.79 Å². The number of aromatic nitrogens is 3. The molecule has 0 radical (unpaired) electrons. The van der Waals surface area contributed by atoms with Crippen LogP contribution < -0.4 is 5.32 Å². The third-order valence-electron chi connectivity index (χ3n) is 1.87. The second-order valence-electron chi connectivity index (χ2n) is 3.13. The molecule has 1 amide bonds. The van der Waals surface area contributed by atoms with E-state index in [1.165, 1.54) is 11.0 Å². The fraction of sp³-hybridized carbons (Fsp3) is 0.100. The van der Waals surface area contributed by atoms with Gasteiger partial charge in [0.05, 0.1) is 0 Å². The first-order valence-corrected chi connectivity index (χ1v) is 5.72. The summed E-state index contributed by atoms with van der Waals surface area (Å²) in [5.74, 6) is -0.118. The molecule has 0 atom stereocenters. The number of amides is 1. The maximum absolute atomic E-state index is 11.6. The van der Waals surface area contributed by atoms with E-state index in [2.05, 4.69) is 15.4 Å². The molecule has 0 bridgehead atoms. The molecule has 0 fully saturated rings. The number of halogens is 1. The minimum Gasteiger partial charge on any atom is -0.324 e. The lowest BCUT2D eigenvalue weighted by Gasteiger charge is -2.03. The van der Waals surface area contributed by atoms with Crippen LogP contribution in [0.5, 0.6) is 0 Å². The summed E-state index contributed by atoms with van der Waals surface area (Å²) in [5, 5.41) is 6.79. The zero-order chi connectivity index (χ0) is 11.4. The van der Waals surface area contributed by atoms with Crippen LogP contribution in [0.1, 0.15) is 0 Å². The molecule has 1 heterocycles. The lowest BCUT2D eigenvalue weighted by atomic mass is 10.3. The molecule has 0 saturated carbocycles. The second-order valence-corrected chi connectivity index (χ2v) is 4.09. The van der Waals surface area contributed by atoms with E-state index in [1.807, 2.05) is 52.9 Å². The first kappa shape index (κ1) is 11.1. The Balaban J connectivity index is 1.95. The zero-order valence-electron chi connectivity index (χ0n) is 8.30. The fourth-order valence-electron chi connectivity index (χ4n) is 1.22. The van der Waals surface area contributed by atoms with Gasteiger partial charge in [0, 0.05) is 28.3 Å². The van der Waals surface area contributed by atoms with Gasteiger partial charge in [-0.2, -0.15) is 0 Å². The van der Waals surface area contributed by atoms with E-state index < -0.39 is 0 Å². The van der Waals surface area contributed by atoms with Gasteiger partial charge in [0.25, 0.3) is 0 Å². The summed E-state index contributed by atoms with van der Waals surface area (Å²) >= 11 is 2.00. The van der Waals surface area contributed by atoms with Gasteiger partial charge in [-0.15, -0.1) is 5.10 Å². The number of nitrogens with one attached hydrogen (secondary N) is 1. The minimum absolute atomic E-state index is 0.118. The molecule has 0 spiro atoms. The maximum atomic E-state index is 11.6. The SMILES string of the molecule is O=C(Cn1cnc(I)n1)Nc1ccccc1. The van der Waals surface area contributed by atoms with E-state index in [4.69, 9.17) is 0 Å². The van der Waals surface area contributed by atoms with Crippen LogP contribution in [0.25, 0.3) is 0 Å². The number of hydrogen-bond acceptors (Lipinski definition) is 3. The van der Waals surface area contributed by atoms with Gasteiger partial charge in [-0.05, 0) is 12.1 Å². The molecule has 0 aliphatic carbocycles. The third kappa shape index (κ3) is 3.02. The quantitative estimate of drug-likeness (QED) is 0.869. The molecule has 16 heavy (non-hydrogen) atoms. The number of benzene rings is 1. The van der Waals surface area contributed by atoms with Crippen LogP contribution in [-0.2, 0) is 11.3 Å². The fourth-order valence-corrected chi connectivity index (χ4v) is 1.62. The van der Waals surface area contributed by atoms with E-state index in [-0.39, 0.29) is 12.5 Å². The summed E-state index contributed by atoms with van der Waals surface area (Å²) in [5.41, 5.74) is 0.780. The van der Waals surface area contributed by atoms with Gasteiger partial charge in [-0.25, -0.2) is 9.67 Å². The number of para-hydroxylation sites is 1. The highest BCUT2D eigenvalue weighted by atomic mass is 127. The molecular formula is C10H9IN4O. The highest BCUT2D eigenvalue weighted by molar-refractivity contribution is 14.1. The molecule has 1 aromatic heterocycles. The number of hydrogen-bond donors (Lipinski definition) is 1. The normalized spacial score (nSPS) is 10.1. The van der Waals surface area contributed by atoms with E-state index in [1.54, 1.807) is 0 Å². The van der Waals surface area contributed by atoms with Crippen molar-refractivity contribution in [1.29, 1.82) is 0 Å². The van der Waals surface area contributed by atoms with Crippen molar-refractivity contribution in [2.24, 2.45) is 0 Å². The number of anilines is 1. The minimum atomic E-state index is -0.118. The van der Waals surface area contributed by atoms with Gasteiger partial charge >= 0.3 is 0 Å². The van der Waals surface area contributed by atoms with Gasteiger partial charge in [-0.1, -0.05) is 18.2 Å². The molecule has 1 N–H and O–H groups in total. The third-order valence-corrected chi connectivity index (χ3v) is 2.37. The Hall–Kier alpha value is -1.44. The van der Waals surface area contributed by atoms with Crippen LogP contribution in [-0.4, -0.2) is 20.7 Å². The molecule has 82 valence electrons. The van der Waals surface area contributed by atoms with E-state index in [0.29, 0.717) is 3.83 Å². The van der Waals surface area contributed by atoms with E-state index in [0.717, 1.165) is 5.69 Å². The van der Waals surface area contributed by atoms with Gasteiger partial charge in [-0.3, -0.25) is 4.79 Å². The van der Waals surface area contributed by atoms with Crippen LogP contribution in [0.3, 0.4) is 0 Å². The van der Waals surface area contributed by atoms with E-state index >= 15 is 0 Å². The molecule has 2 aromatic rings. The van der Waals surface area contributed by atoms with Crippen molar-refractivity contribution in [3.63, 3.8) is 0 Å². The van der Waals surface area contributed by atoms with Crippen LogP contribution in [0, 0.1) is 3.83 Å². The smallest absolute Gasteiger partial charge is 0.246 e. The summed E-state index contributed by atoms with van der Waals surface area (Å²) in [7, 11) is 0. The summed E-state index contributed by atoms with van der Waals surface area (Å²) in [6.45, 7) is 0.172. The molecule has 0 unspecified atom stereocenters. The Bertz CT molecular complexity index is 483. The Kier molecular flexibility index (Phi) is 3.50. The van der Waals surface area contributed by atoms with Crippen molar-refractivity contribution in [1.82, 2.24) is 14.8 Å². The van der Waals surface area contributed by atoms with Crippen molar-refractivity contribution in [3.05, 3.63) is 40.5 Å². The summed E-state index contributed by atoms with van der Waals surface area (Å²) in [4.78, 5) is 15.5. The highest BCUT2D eigenvalue weighted by Crippen LogP contribution is 2.04. The molecule has 0 aliphatic heterocycles. The summed E-state index contributed by atoms with van der Waals surface area (Å²) in [6, 6.07) is 9.31. The lowest BCUT2D eigenvalue weighted by Crippen LogP contribution is -2.19. The van der Waals surface area contributed by atoms with Gasteiger partial charge < -0.3 is 5.32 Å². The number of carbonyl (C=O) groups is 1. The predicted octanol–water partition coefficient (Wildman–Crippen LogP) is 1.52. The molecule has 2 rings (SSSR count). The Morgan fingerprint density at radius 2 is 2.12 bits per heavy atom. The summed E-state index contributed by atoms with van der Waals surface area (Å²) < 4.78 is 2.13. The van der Waals surface area contributed by atoms with Crippen LogP contribution in [0.15, 0.2) is 36.7 Å². The standard InChI is InChI=1S/C10H9IN4O/c11-10-12-7-15(14-10)6-9(16)13-8-4-2-1-3-5-8/h1-5,7H,6H2,(H,13,16). The van der Waals surface area contributed by atoms with Crippen LogP contribution >= 0.6 is 22.6 Å². The van der Waals surface area contributed by atoms with Crippen molar-refractivity contribution >= 4 is 34.2 Å². The Labute approximate surface area is 106 Å². The number of rotatable bonds is 3. The predicted molar refractivity (Wildman–Crippen MR) is 67.8 cm³/mol. The largest absolute Gasteiger partial charge is 0.324 e. The van der Waals surface area contributed by atoms with Crippen LogP contribution in [0.4, 0.5) is 5.69 Å². The van der Waals surface area contributed by atoms with Gasteiger partial charge in [0.1, 0.15) is 12.9 Å². The van der Waals surface area contributed by atoms with Gasteiger partial charge in [0.15, 0.2) is 0 Å². The molecule has 0 saturated heterocycles. The zero-order valence-corrected chi connectivity index (χ0v) is 10.5. The molecular weight excluding hydrogens is 319 g/mol. The van der Waals surface area contributed by atoms with Crippen molar-refractivity contribution in [2.75, 3.05) is 5.32 Å². The lowest BCUT2D eigenvalue weighted by molar-refractivity contribution is -0.116. The number of carbonyl (C=O) groups excluding carboxylic acids is 1. The van der Waals surface area contributed by atoms with Crippen molar-refractivity contribution in [2.45, 2.75) is 6.54 Å². The molecule has 0 aliphatic rings. The summed E-state index contributed by atoms with van der Waals surface area (Å²) in [6.07, 6.45) is 1.53. The average molecular weight is 328 g/mol. The first-order chi connectivity index (χ1) is 7.74.